The van der Waals surface area contributed by atoms with Crippen LogP contribution in [0.3, 0.4) is 0 Å². The first-order valence-corrected chi connectivity index (χ1v) is 13.1. The van der Waals surface area contributed by atoms with Crippen molar-refractivity contribution in [3.05, 3.63) is 71.2 Å². The van der Waals surface area contributed by atoms with Crippen molar-refractivity contribution in [2.24, 2.45) is 0 Å². The van der Waals surface area contributed by atoms with E-state index in [0.29, 0.717) is 30.0 Å². The first-order chi connectivity index (χ1) is 16.5. The summed E-state index contributed by atoms with van der Waals surface area (Å²) in [6.45, 7) is 8.31. The zero-order valence-corrected chi connectivity index (χ0v) is 21.6. The molecule has 0 saturated carbocycles. The number of aryl methyl sites for hydroxylation is 1. The van der Waals surface area contributed by atoms with Crippen LogP contribution in [0.15, 0.2) is 63.6 Å². The smallest absolute Gasteiger partial charge is 0.258 e. The molecule has 0 aliphatic carbocycles. The molecule has 1 aliphatic heterocycles. The lowest BCUT2D eigenvalue weighted by Gasteiger charge is -2.37. The first-order valence-electron chi connectivity index (χ1n) is 11.4. The minimum absolute atomic E-state index is 0.177. The number of hydrogen-bond acceptors (Lipinski definition) is 6. The van der Waals surface area contributed by atoms with E-state index in [0.717, 1.165) is 35.4 Å². The average Bonchev–Trinajstić information content (AvgIpc) is 3.33. The number of allylic oxidation sites excluding steroid dienone is 1. The molecular formula is C26H30N4O2S2. The molecule has 3 aromatic rings. The van der Waals surface area contributed by atoms with E-state index in [9.17, 15) is 0 Å². The molecule has 0 fully saturated rings. The van der Waals surface area contributed by atoms with E-state index in [1.54, 1.807) is 11.8 Å². The Bertz CT molecular complexity index is 1160. The number of rotatable bonds is 9. The average molecular weight is 495 g/mol. The molecule has 0 amide bonds. The highest BCUT2D eigenvalue weighted by Gasteiger charge is 2.33. The predicted octanol–water partition coefficient (Wildman–Crippen LogP) is 5.86. The molecule has 0 bridgehead atoms. The van der Waals surface area contributed by atoms with Crippen LogP contribution < -0.4 is 5.32 Å². The first kappa shape index (κ1) is 24.4. The van der Waals surface area contributed by atoms with Crippen LogP contribution in [0, 0.1) is 6.92 Å². The van der Waals surface area contributed by atoms with E-state index < -0.39 is 0 Å². The van der Waals surface area contributed by atoms with Gasteiger partial charge in [-0.05, 0) is 75.5 Å². The van der Waals surface area contributed by atoms with E-state index in [1.165, 1.54) is 10.5 Å². The van der Waals surface area contributed by atoms with Crippen LogP contribution in [0.25, 0.3) is 17.0 Å². The molecule has 0 saturated heterocycles. The summed E-state index contributed by atoms with van der Waals surface area (Å²) in [7, 11) is 0. The Morgan fingerprint density at radius 2 is 1.85 bits per heavy atom. The lowest BCUT2D eigenvalue weighted by atomic mass is 9.94. The number of hydrogen-bond donors (Lipinski definition) is 1. The summed E-state index contributed by atoms with van der Waals surface area (Å²) in [5, 5.41) is 8.50. The second-order valence-corrected chi connectivity index (χ2v) is 9.41. The highest BCUT2D eigenvalue weighted by molar-refractivity contribution is 7.98. The third-order valence-electron chi connectivity index (χ3n) is 5.89. The number of thiocarbonyl (C=S) groups is 1. The molecular weight excluding hydrogens is 464 g/mol. The quantitative estimate of drug-likeness (QED) is 0.226. The van der Waals surface area contributed by atoms with Crippen LogP contribution in [-0.2, 0) is 4.74 Å². The Hall–Kier alpha value is -2.68. The van der Waals surface area contributed by atoms with Crippen molar-refractivity contribution in [2.45, 2.75) is 38.1 Å². The molecule has 2 aromatic carbocycles. The van der Waals surface area contributed by atoms with E-state index in [4.69, 9.17) is 26.5 Å². The van der Waals surface area contributed by atoms with Crippen LogP contribution in [0.2, 0.25) is 0 Å². The van der Waals surface area contributed by atoms with Crippen molar-refractivity contribution >= 4 is 34.7 Å². The Morgan fingerprint density at radius 3 is 2.53 bits per heavy atom. The largest absolute Gasteiger partial charge is 0.382 e. The zero-order chi connectivity index (χ0) is 24.1. The van der Waals surface area contributed by atoms with Crippen molar-refractivity contribution in [2.75, 3.05) is 26.0 Å². The van der Waals surface area contributed by atoms with Crippen molar-refractivity contribution < 1.29 is 9.26 Å². The number of ether oxygens (including phenoxy) is 1. The highest BCUT2D eigenvalue weighted by Crippen LogP contribution is 2.37. The predicted molar refractivity (Wildman–Crippen MR) is 142 cm³/mol. The molecule has 0 spiro atoms. The molecule has 8 heteroatoms. The topological polar surface area (TPSA) is 63.4 Å². The van der Waals surface area contributed by atoms with Gasteiger partial charge in [-0.25, -0.2) is 0 Å². The summed E-state index contributed by atoms with van der Waals surface area (Å²) in [6.07, 6.45) is 2.93. The van der Waals surface area contributed by atoms with Crippen LogP contribution in [0.1, 0.15) is 43.3 Å². The number of aromatic nitrogens is 2. The lowest BCUT2D eigenvalue weighted by molar-refractivity contribution is 0.141. The van der Waals surface area contributed by atoms with Gasteiger partial charge in [0.1, 0.15) is 0 Å². The Labute approximate surface area is 210 Å². The van der Waals surface area contributed by atoms with Gasteiger partial charge in [-0.1, -0.05) is 35.0 Å². The second-order valence-electron chi connectivity index (χ2n) is 8.15. The van der Waals surface area contributed by atoms with Crippen molar-refractivity contribution in [1.29, 1.82) is 0 Å². The molecule has 178 valence electrons. The molecule has 6 nitrogen and oxygen atoms in total. The standard InChI is InChI=1S/C26H30N4O2S2/c1-5-31-16-6-15-30-18(3)22(23(27-26(30)33)19-9-7-17(2)8-10-19)25-28-24(29-32-25)20-11-13-21(34-4)14-12-20/h7-14,23H,5-6,15-16H2,1-4H3,(H,27,33). The summed E-state index contributed by atoms with van der Waals surface area (Å²) in [5.74, 6) is 1.07. The van der Waals surface area contributed by atoms with Gasteiger partial charge in [0, 0.05) is 35.9 Å². The van der Waals surface area contributed by atoms with Gasteiger partial charge < -0.3 is 19.5 Å². The minimum atomic E-state index is -0.177. The Morgan fingerprint density at radius 1 is 1.12 bits per heavy atom. The molecule has 34 heavy (non-hydrogen) atoms. The normalized spacial score (nSPS) is 16.2. The second kappa shape index (κ2) is 11.2. The maximum atomic E-state index is 5.83. The number of nitrogens with one attached hydrogen (secondary N) is 1. The summed E-state index contributed by atoms with van der Waals surface area (Å²) in [6, 6.07) is 16.4. The fourth-order valence-corrected chi connectivity index (χ4v) is 4.75. The van der Waals surface area contributed by atoms with Crippen LogP contribution in [0.5, 0.6) is 0 Å². The van der Waals surface area contributed by atoms with E-state index >= 15 is 0 Å². The van der Waals surface area contributed by atoms with Gasteiger partial charge in [0.25, 0.3) is 5.89 Å². The van der Waals surface area contributed by atoms with Gasteiger partial charge >= 0.3 is 0 Å². The zero-order valence-electron chi connectivity index (χ0n) is 20.0. The third-order valence-corrected chi connectivity index (χ3v) is 6.97. The lowest BCUT2D eigenvalue weighted by Crippen LogP contribution is -2.46. The summed E-state index contributed by atoms with van der Waals surface area (Å²) < 4.78 is 11.4. The van der Waals surface area contributed by atoms with Gasteiger partial charge in [0.05, 0.1) is 11.6 Å². The van der Waals surface area contributed by atoms with E-state index in [-0.39, 0.29) is 6.04 Å². The maximum absolute atomic E-state index is 5.83. The van der Waals surface area contributed by atoms with Gasteiger partial charge in [0.15, 0.2) is 5.11 Å². The molecule has 1 atom stereocenters. The maximum Gasteiger partial charge on any atom is 0.258 e. The SMILES string of the molecule is CCOCCCN1C(=S)NC(c2ccc(C)cc2)C(c2nc(-c3ccc(SC)cc3)no2)=C1C. The molecule has 0 radical (unpaired) electrons. The third kappa shape index (κ3) is 5.35. The van der Waals surface area contributed by atoms with Gasteiger partial charge in [0.2, 0.25) is 5.82 Å². The Kier molecular flexibility index (Phi) is 8.03. The molecule has 4 rings (SSSR count). The van der Waals surface area contributed by atoms with E-state index in [1.807, 2.05) is 19.1 Å². The molecule has 1 aliphatic rings. The van der Waals surface area contributed by atoms with Crippen LogP contribution in [0.4, 0.5) is 0 Å². The number of benzene rings is 2. The van der Waals surface area contributed by atoms with Crippen molar-refractivity contribution in [3.8, 4) is 11.4 Å². The van der Waals surface area contributed by atoms with E-state index in [2.05, 4.69) is 71.9 Å². The summed E-state index contributed by atoms with van der Waals surface area (Å²) in [5.41, 5.74) is 5.17. The van der Waals surface area contributed by atoms with Crippen molar-refractivity contribution in [3.63, 3.8) is 0 Å². The fraction of sp³-hybridized carbons (Fsp3) is 0.346. The molecule has 1 aromatic heterocycles. The van der Waals surface area contributed by atoms with Gasteiger partial charge in [-0.15, -0.1) is 11.8 Å². The minimum Gasteiger partial charge on any atom is -0.382 e. The summed E-state index contributed by atoms with van der Waals surface area (Å²) in [4.78, 5) is 8.09. The van der Waals surface area contributed by atoms with Gasteiger partial charge in [-0.2, -0.15) is 4.98 Å². The molecule has 1 N–H and O–H groups in total. The summed E-state index contributed by atoms with van der Waals surface area (Å²) >= 11 is 7.47. The monoisotopic (exact) mass is 494 g/mol. The number of thioether (sulfide) groups is 1. The molecule has 2 heterocycles. The van der Waals surface area contributed by atoms with Crippen LogP contribution >= 0.6 is 24.0 Å². The van der Waals surface area contributed by atoms with Crippen molar-refractivity contribution in [1.82, 2.24) is 20.4 Å². The fourth-order valence-electron chi connectivity index (χ4n) is 4.00. The Balaban J connectivity index is 1.71. The highest BCUT2D eigenvalue weighted by atomic mass is 32.2. The van der Waals surface area contributed by atoms with Crippen LogP contribution in [-0.4, -0.2) is 46.2 Å². The molecule has 1 unspecified atom stereocenters. The van der Waals surface area contributed by atoms with Gasteiger partial charge in [-0.3, -0.25) is 0 Å². The number of nitrogens with zero attached hydrogens (tertiary/aromatic N) is 3.